The molecule has 2 amide bonds. The van der Waals surface area contributed by atoms with Crippen LogP contribution >= 0.6 is 0 Å². The van der Waals surface area contributed by atoms with Crippen LogP contribution in [-0.4, -0.2) is 24.4 Å². The molecule has 8 heteroatoms. The molecule has 0 saturated carbocycles. The summed E-state index contributed by atoms with van der Waals surface area (Å²) in [5, 5.41) is 2.96. The van der Waals surface area contributed by atoms with Gasteiger partial charge in [-0.1, -0.05) is 0 Å². The lowest BCUT2D eigenvalue weighted by Gasteiger charge is -2.18. The third kappa shape index (κ3) is 4.37. The van der Waals surface area contributed by atoms with Crippen LogP contribution in [0, 0.1) is 17.6 Å². The predicted octanol–water partition coefficient (Wildman–Crippen LogP) is 3.79. The maximum absolute atomic E-state index is 13.2. The number of carbonyl (C=O) groups excluding carboxylic acids is 3. The molecule has 1 fully saturated rings. The van der Waals surface area contributed by atoms with Crippen LogP contribution < -0.4 is 10.2 Å². The van der Waals surface area contributed by atoms with E-state index in [-0.39, 0.29) is 24.3 Å². The van der Waals surface area contributed by atoms with Gasteiger partial charge in [-0.15, -0.1) is 0 Å². The van der Waals surface area contributed by atoms with Gasteiger partial charge in [0.1, 0.15) is 11.6 Å². The van der Waals surface area contributed by atoms with E-state index < -0.39 is 35.3 Å². The van der Waals surface area contributed by atoms with Crippen molar-refractivity contribution in [2.24, 2.45) is 5.92 Å². The summed E-state index contributed by atoms with van der Waals surface area (Å²) in [5.41, 5.74) is 1.06. The fourth-order valence-electron chi connectivity index (χ4n) is 3.30. The lowest BCUT2D eigenvalue weighted by Crippen LogP contribution is -2.32. The minimum atomic E-state index is -1.06. The van der Waals surface area contributed by atoms with Gasteiger partial charge in [-0.05, 0) is 62.4 Å². The number of benzene rings is 2. The number of esters is 1. The summed E-state index contributed by atoms with van der Waals surface area (Å²) < 4.78 is 31.5. The van der Waals surface area contributed by atoms with Crippen LogP contribution in [0.2, 0.25) is 0 Å². The van der Waals surface area contributed by atoms with Gasteiger partial charge in [-0.3, -0.25) is 9.59 Å². The summed E-state index contributed by atoms with van der Waals surface area (Å²) in [4.78, 5) is 39.2. The zero-order valence-corrected chi connectivity index (χ0v) is 16.4. The monoisotopic (exact) mass is 414 g/mol. The van der Waals surface area contributed by atoms with Crippen molar-refractivity contribution >= 4 is 29.2 Å². The van der Waals surface area contributed by atoms with Crippen molar-refractivity contribution in [2.75, 3.05) is 16.8 Å². The molecule has 1 saturated heterocycles. The van der Waals surface area contributed by atoms with E-state index in [2.05, 4.69) is 5.32 Å². The van der Waals surface area contributed by atoms with Crippen molar-refractivity contribution in [3.63, 3.8) is 0 Å². The summed E-state index contributed by atoms with van der Waals surface area (Å²) >= 11 is 0. The Hall–Kier alpha value is -3.55. The number of amides is 2. The highest BCUT2D eigenvalue weighted by atomic mass is 19.1. The average Bonchev–Trinajstić information content (AvgIpc) is 2.99. The van der Waals surface area contributed by atoms with Gasteiger partial charge >= 0.3 is 5.97 Å². The van der Waals surface area contributed by atoms with E-state index >= 15 is 0 Å². The van der Waals surface area contributed by atoms with E-state index in [0.717, 1.165) is 17.0 Å². The van der Waals surface area contributed by atoms with Crippen molar-refractivity contribution in [1.82, 2.24) is 0 Å². The van der Waals surface area contributed by atoms with Gasteiger partial charge in [0.25, 0.3) is 0 Å². The number of rotatable bonds is 6. The molecule has 0 radical (unpaired) electrons. The van der Waals surface area contributed by atoms with E-state index in [0.29, 0.717) is 11.4 Å². The summed E-state index contributed by atoms with van der Waals surface area (Å²) in [5.74, 6) is -3.81. The van der Waals surface area contributed by atoms with Crippen LogP contribution in [0.4, 0.5) is 20.2 Å². The maximum atomic E-state index is 13.2. The SMILES string of the molecule is CCOC(=O)/C(=C(/C)Nc1ccc(F)cc1)[C@@H]1CC(=O)N(c2ccc(F)cc2)C1=O. The number of anilines is 2. The molecule has 1 heterocycles. The van der Waals surface area contributed by atoms with Gasteiger partial charge in [-0.25, -0.2) is 18.5 Å². The third-order valence-electron chi connectivity index (χ3n) is 4.66. The molecule has 1 atom stereocenters. The Balaban J connectivity index is 1.96. The normalized spacial score (nSPS) is 17.1. The highest BCUT2D eigenvalue weighted by Crippen LogP contribution is 2.33. The molecule has 2 aromatic carbocycles. The first-order chi connectivity index (χ1) is 14.3. The molecule has 0 aromatic heterocycles. The minimum absolute atomic E-state index is 0.0177. The van der Waals surface area contributed by atoms with Crippen LogP contribution in [0.15, 0.2) is 59.8 Å². The zero-order valence-electron chi connectivity index (χ0n) is 16.4. The molecule has 3 rings (SSSR count). The van der Waals surface area contributed by atoms with Gasteiger partial charge in [0.2, 0.25) is 11.8 Å². The number of carbonyl (C=O) groups is 3. The molecule has 6 nitrogen and oxygen atoms in total. The lowest BCUT2D eigenvalue weighted by atomic mass is 9.95. The van der Waals surface area contributed by atoms with Crippen molar-refractivity contribution < 1.29 is 27.9 Å². The molecule has 156 valence electrons. The van der Waals surface area contributed by atoms with Crippen molar-refractivity contribution in [2.45, 2.75) is 20.3 Å². The molecule has 30 heavy (non-hydrogen) atoms. The first kappa shape index (κ1) is 21.2. The van der Waals surface area contributed by atoms with E-state index in [9.17, 15) is 23.2 Å². The van der Waals surface area contributed by atoms with E-state index in [1.54, 1.807) is 13.8 Å². The summed E-state index contributed by atoms with van der Waals surface area (Å²) in [6.45, 7) is 3.29. The Morgan fingerprint density at radius 3 is 2.20 bits per heavy atom. The Morgan fingerprint density at radius 2 is 1.63 bits per heavy atom. The topological polar surface area (TPSA) is 75.7 Å². The number of nitrogens with zero attached hydrogens (tertiary/aromatic N) is 1. The van der Waals surface area contributed by atoms with Gasteiger partial charge in [0, 0.05) is 17.8 Å². The van der Waals surface area contributed by atoms with Gasteiger partial charge < -0.3 is 10.1 Å². The largest absolute Gasteiger partial charge is 0.463 e. The molecule has 1 aliphatic rings. The summed E-state index contributed by atoms with van der Waals surface area (Å²) in [6.07, 6.45) is -0.229. The smallest absolute Gasteiger partial charge is 0.336 e. The van der Waals surface area contributed by atoms with Crippen LogP contribution in [0.25, 0.3) is 0 Å². The fourth-order valence-corrected chi connectivity index (χ4v) is 3.30. The minimum Gasteiger partial charge on any atom is -0.463 e. The van der Waals surface area contributed by atoms with E-state index in [4.69, 9.17) is 4.74 Å². The van der Waals surface area contributed by atoms with E-state index in [1.807, 2.05) is 0 Å². The average molecular weight is 414 g/mol. The summed E-state index contributed by atoms with van der Waals surface area (Å²) in [7, 11) is 0. The van der Waals surface area contributed by atoms with Crippen LogP contribution in [0.3, 0.4) is 0 Å². The molecule has 1 aliphatic heterocycles. The lowest BCUT2D eigenvalue weighted by molar-refractivity contribution is -0.140. The molecule has 0 bridgehead atoms. The second-order valence-electron chi connectivity index (χ2n) is 6.69. The summed E-state index contributed by atoms with van der Waals surface area (Å²) in [6, 6.07) is 10.4. The quantitative estimate of drug-likeness (QED) is 0.442. The van der Waals surface area contributed by atoms with E-state index in [1.165, 1.54) is 36.4 Å². The Bertz CT molecular complexity index is 1000. The molecule has 1 N–H and O–H groups in total. The number of ether oxygens (including phenoxy) is 1. The number of hydrogen-bond acceptors (Lipinski definition) is 5. The first-order valence-electron chi connectivity index (χ1n) is 9.34. The zero-order chi connectivity index (χ0) is 21.8. The predicted molar refractivity (Wildman–Crippen MR) is 106 cm³/mol. The molecule has 2 aromatic rings. The highest BCUT2D eigenvalue weighted by Gasteiger charge is 2.44. The van der Waals surface area contributed by atoms with Gasteiger partial charge in [0.15, 0.2) is 0 Å². The van der Waals surface area contributed by atoms with Crippen LogP contribution in [0.1, 0.15) is 20.3 Å². The molecule has 0 aliphatic carbocycles. The van der Waals surface area contributed by atoms with Crippen molar-refractivity contribution in [3.05, 3.63) is 71.4 Å². The standard InChI is InChI=1S/C22H20F2N2O4/c1-3-30-22(29)20(13(2)25-16-8-4-14(23)5-9-16)18-12-19(27)26(21(18)28)17-10-6-15(24)7-11-17/h4-11,18,25H,3,12H2,1-2H3/b20-13-/t18-/m0/s1. The molecular formula is C22H20F2N2O4. The third-order valence-corrected chi connectivity index (χ3v) is 4.66. The van der Waals surface area contributed by atoms with Crippen LogP contribution in [0.5, 0.6) is 0 Å². The number of allylic oxidation sites excluding steroid dienone is 1. The Morgan fingerprint density at radius 1 is 1.07 bits per heavy atom. The Kier molecular flexibility index (Phi) is 6.25. The number of halogens is 2. The van der Waals surface area contributed by atoms with Gasteiger partial charge in [-0.2, -0.15) is 0 Å². The molecular weight excluding hydrogens is 394 g/mol. The highest BCUT2D eigenvalue weighted by molar-refractivity contribution is 6.23. The second kappa shape index (κ2) is 8.86. The number of nitrogens with one attached hydrogen (secondary N) is 1. The van der Waals surface area contributed by atoms with Crippen molar-refractivity contribution in [1.29, 1.82) is 0 Å². The van der Waals surface area contributed by atoms with Crippen molar-refractivity contribution in [3.8, 4) is 0 Å². The Labute approximate surface area is 172 Å². The molecule has 0 spiro atoms. The van der Waals surface area contributed by atoms with Gasteiger partial charge in [0.05, 0.1) is 23.8 Å². The molecule has 0 unspecified atom stereocenters. The maximum Gasteiger partial charge on any atom is 0.336 e. The first-order valence-corrected chi connectivity index (χ1v) is 9.34. The number of imide groups is 1. The second-order valence-corrected chi connectivity index (χ2v) is 6.69. The number of hydrogen-bond donors (Lipinski definition) is 1. The fraction of sp³-hybridized carbons (Fsp3) is 0.227. The van der Waals surface area contributed by atoms with Crippen LogP contribution in [-0.2, 0) is 19.1 Å².